The van der Waals surface area contributed by atoms with Crippen molar-refractivity contribution in [2.45, 2.75) is 32.7 Å². The monoisotopic (exact) mass is 383 g/mol. The minimum atomic E-state index is -0.710. The third kappa shape index (κ3) is 4.30. The number of carboxylic acid groups (broad SMARTS) is 1. The zero-order chi connectivity index (χ0) is 20.1. The Morgan fingerprint density at radius 1 is 1.25 bits per heavy atom. The summed E-state index contributed by atoms with van der Waals surface area (Å²) in [7, 11) is 1.64. The molecule has 2 atom stereocenters. The second-order valence-electron chi connectivity index (χ2n) is 7.27. The predicted molar refractivity (Wildman–Crippen MR) is 109 cm³/mol. The van der Waals surface area contributed by atoms with Crippen LogP contribution in [0.15, 0.2) is 42.5 Å². The summed E-state index contributed by atoms with van der Waals surface area (Å²) >= 11 is 0. The molecule has 1 saturated heterocycles. The average Bonchev–Trinajstić information content (AvgIpc) is 2.70. The third-order valence-electron chi connectivity index (χ3n) is 5.45. The van der Waals surface area contributed by atoms with E-state index in [1.54, 1.807) is 7.11 Å². The van der Waals surface area contributed by atoms with Gasteiger partial charge in [-0.05, 0) is 62.1 Å². The molecule has 5 heteroatoms. The Kier molecular flexibility index (Phi) is 6.57. The van der Waals surface area contributed by atoms with Crippen LogP contribution < -0.4 is 9.47 Å². The van der Waals surface area contributed by atoms with Crippen molar-refractivity contribution >= 4 is 5.97 Å². The summed E-state index contributed by atoms with van der Waals surface area (Å²) in [4.78, 5) is 13.9. The van der Waals surface area contributed by atoms with Gasteiger partial charge in [0.15, 0.2) is 11.5 Å². The minimum absolute atomic E-state index is 0.0199. The van der Waals surface area contributed by atoms with E-state index in [1.165, 1.54) is 11.1 Å². The molecule has 1 N–H and O–H groups in total. The van der Waals surface area contributed by atoms with Gasteiger partial charge >= 0.3 is 5.97 Å². The van der Waals surface area contributed by atoms with Gasteiger partial charge in [-0.15, -0.1) is 0 Å². The molecule has 2 aromatic carbocycles. The molecule has 1 aliphatic heterocycles. The number of ether oxygens (including phenoxy) is 2. The third-order valence-corrected chi connectivity index (χ3v) is 5.45. The van der Waals surface area contributed by atoms with Crippen molar-refractivity contribution < 1.29 is 19.4 Å². The molecule has 0 aromatic heterocycles. The fourth-order valence-corrected chi connectivity index (χ4v) is 4.05. The van der Waals surface area contributed by atoms with Crippen LogP contribution in [-0.4, -0.2) is 42.8 Å². The number of hydrogen-bond acceptors (Lipinski definition) is 4. The van der Waals surface area contributed by atoms with Gasteiger partial charge in [0.1, 0.15) is 0 Å². The van der Waals surface area contributed by atoms with Crippen LogP contribution in [0, 0.1) is 12.8 Å². The predicted octanol–water partition coefficient (Wildman–Crippen LogP) is 4.29. The molecular formula is C23H29NO4. The Balaban J connectivity index is 2.05. The maximum Gasteiger partial charge on any atom is 0.307 e. The van der Waals surface area contributed by atoms with Gasteiger partial charge in [0.2, 0.25) is 0 Å². The van der Waals surface area contributed by atoms with Crippen molar-refractivity contribution in [3.63, 3.8) is 0 Å². The van der Waals surface area contributed by atoms with Gasteiger partial charge in [-0.2, -0.15) is 0 Å². The van der Waals surface area contributed by atoms with Crippen LogP contribution in [0.1, 0.15) is 42.5 Å². The lowest BCUT2D eigenvalue weighted by atomic mass is 9.89. The molecule has 5 nitrogen and oxygen atoms in total. The highest BCUT2D eigenvalue weighted by Crippen LogP contribution is 2.38. The molecule has 0 amide bonds. The second-order valence-corrected chi connectivity index (χ2v) is 7.27. The van der Waals surface area contributed by atoms with Gasteiger partial charge in [-0.25, -0.2) is 0 Å². The first-order chi connectivity index (χ1) is 13.5. The van der Waals surface area contributed by atoms with E-state index in [0.29, 0.717) is 24.7 Å². The van der Waals surface area contributed by atoms with Gasteiger partial charge in [0.25, 0.3) is 0 Å². The highest BCUT2D eigenvalue weighted by molar-refractivity contribution is 5.70. The highest BCUT2D eigenvalue weighted by Gasteiger charge is 2.32. The van der Waals surface area contributed by atoms with Crippen molar-refractivity contribution in [1.82, 2.24) is 4.90 Å². The van der Waals surface area contributed by atoms with Gasteiger partial charge in [-0.1, -0.05) is 30.3 Å². The molecule has 0 saturated carbocycles. The number of carbonyl (C=O) groups is 1. The molecule has 28 heavy (non-hydrogen) atoms. The summed E-state index contributed by atoms with van der Waals surface area (Å²) < 4.78 is 11.2. The molecule has 1 heterocycles. The van der Waals surface area contributed by atoms with Crippen molar-refractivity contribution in [1.29, 1.82) is 0 Å². The molecule has 3 rings (SSSR count). The fraction of sp³-hybridized carbons (Fsp3) is 0.435. The quantitative estimate of drug-likeness (QED) is 0.773. The number of rotatable bonds is 7. The molecule has 0 bridgehead atoms. The maximum atomic E-state index is 11.6. The number of aryl methyl sites for hydroxylation is 1. The largest absolute Gasteiger partial charge is 0.493 e. The number of hydrogen-bond donors (Lipinski definition) is 1. The number of carboxylic acids is 1. The van der Waals surface area contributed by atoms with Crippen LogP contribution in [0.4, 0.5) is 0 Å². The van der Waals surface area contributed by atoms with Crippen LogP contribution in [-0.2, 0) is 4.79 Å². The summed E-state index contributed by atoms with van der Waals surface area (Å²) in [5.74, 6) is 0.381. The van der Waals surface area contributed by atoms with Gasteiger partial charge in [0, 0.05) is 6.54 Å². The number of benzene rings is 2. The summed E-state index contributed by atoms with van der Waals surface area (Å²) in [6.45, 7) is 6.03. The number of likely N-dealkylation sites (tertiary alicyclic amines) is 1. The van der Waals surface area contributed by atoms with E-state index in [9.17, 15) is 9.90 Å². The van der Waals surface area contributed by atoms with E-state index >= 15 is 0 Å². The molecular weight excluding hydrogens is 354 g/mol. The van der Waals surface area contributed by atoms with Crippen LogP contribution >= 0.6 is 0 Å². The number of aliphatic carboxylic acids is 1. The maximum absolute atomic E-state index is 11.6. The van der Waals surface area contributed by atoms with E-state index in [2.05, 4.69) is 30.0 Å². The normalized spacial score (nSPS) is 18.5. The first-order valence-electron chi connectivity index (χ1n) is 9.88. The van der Waals surface area contributed by atoms with E-state index in [0.717, 1.165) is 24.9 Å². The molecule has 1 fully saturated rings. The summed E-state index contributed by atoms with van der Waals surface area (Å²) in [5.41, 5.74) is 3.48. The average molecular weight is 383 g/mol. The van der Waals surface area contributed by atoms with Crippen molar-refractivity contribution in [3.8, 4) is 11.5 Å². The van der Waals surface area contributed by atoms with E-state index < -0.39 is 5.97 Å². The van der Waals surface area contributed by atoms with Gasteiger partial charge < -0.3 is 14.6 Å². The SMILES string of the molecule is CCOc1cc(C(c2ccccc2C)N2CCCC(C(=O)O)C2)ccc1OC. The lowest BCUT2D eigenvalue weighted by Gasteiger charge is -2.38. The molecule has 0 spiro atoms. The van der Waals surface area contributed by atoms with Gasteiger partial charge in [0.05, 0.1) is 25.7 Å². The Morgan fingerprint density at radius 2 is 2.04 bits per heavy atom. The lowest BCUT2D eigenvalue weighted by molar-refractivity contribution is -0.143. The van der Waals surface area contributed by atoms with Crippen LogP contribution in [0.3, 0.4) is 0 Å². The Labute approximate surface area is 166 Å². The first kappa shape index (κ1) is 20.2. The zero-order valence-corrected chi connectivity index (χ0v) is 16.9. The smallest absolute Gasteiger partial charge is 0.307 e. The van der Waals surface area contributed by atoms with Crippen molar-refractivity contribution in [3.05, 3.63) is 59.2 Å². The van der Waals surface area contributed by atoms with Crippen LogP contribution in [0.25, 0.3) is 0 Å². The van der Waals surface area contributed by atoms with Crippen LogP contribution in [0.5, 0.6) is 11.5 Å². The molecule has 1 aliphatic rings. The fourth-order valence-electron chi connectivity index (χ4n) is 4.05. The number of methoxy groups -OCH3 is 1. The number of nitrogens with zero attached hydrogens (tertiary/aromatic N) is 1. The van der Waals surface area contributed by atoms with Crippen molar-refractivity contribution in [2.24, 2.45) is 5.92 Å². The van der Waals surface area contributed by atoms with E-state index in [4.69, 9.17) is 9.47 Å². The molecule has 2 unspecified atom stereocenters. The van der Waals surface area contributed by atoms with E-state index in [-0.39, 0.29) is 12.0 Å². The molecule has 0 aliphatic carbocycles. The highest BCUT2D eigenvalue weighted by atomic mass is 16.5. The van der Waals surface area contributed by atoms with Gasteiger partial charge in [-0.3, -0.25) is 9.69 Å². The van der Waals surface area contributed by atoms with E-state index in [1.807, 2.05) is 31.2 Å². The number of piperidine rings is 1. The minimum Gasteiger partial charge on any atom is -0.493 e. The summed E-state index contributed by atoms with van der Waals surface area (Å²) in [6, 6.07) is 14.3. The molecule has 150 valence electrons. The Hall–Kier alpha value is -2.53. The standard InChI is InChI=1S/C23H29NO4/c1-4-28-21-14-17(11-12-20(21)27-3)22(19-10-6-5-8-16(19)2)24-13-7-9-18(15-24)23(25)26/h5-6,8,10-12,14,18,22H,4,7,9,13,15H2,1-3H3,(H,25,26). The Morgan fingerprint density at radius 3 is 2.71 bits per heavy atom. The molecule has 0 radical (unpaired) electrons. The Bertz CT molecular complexity index is 820. The lowest BCUT2D eigenvalue weighted by Crippen LogP contribution is -2.41. The zero-order valence-electron chi connectivity index (χ0n) is 16.9. The van der Waals surface area contributed by atoms with Crippen LogP contribution in [0.2, 0.25) is 0 Å². The second kappa shape index (κ2) is 9.11. The molecule has 2 aromatic rings. The van der Waals surface area contributed by atoms with Crippen molar-refractivity contribution in [2.75, 3.05) is 26.8 Å². The summed E-state index contributed by atoms with van der Waals surface area (Å²) in [5, 5.41) is 9.55. The topological polar surface area (TPSA) is 59.0 Å². The summed E-state index contributed by atoms with van der Waals surface area (Å²) in [6.07, 6.45) is 1.62. The first-order valence-corrected chi connectivity index (χ1v) is 9.88.